The van der Waals surface area contributed by atoms with Crippen molar-refractivity contribution >= 4 is 34.3 Å². The molecule has 1 amide bonds. The van der Waals surface area contributed by atoms with Crippen LogP contribution in [0.4, 0.5) is 5.69 Å². The number of oxazole rings is 1. The van der Waals surface area contributed by atoms with Crippen molar-refractivity contribution in [2.75, 3.05) is 5.32 Å². The maximum Gasteiger partial charge on any atom is 0.255 e. The van der Waals surface area contributed by atoms with E-state index < -0.39 is 0 Å². The van der Waals surface area contributed by atoms with Crippen molar-refractivity contribution in [3.63, 3.8) is 0 Å². The van der Waals surface area contributed by atoms with Crippen LogP contribution in [0.2, 0.25) is 5.02 Å². The van der Waals surface area contributed by atoms with Gasteiger partial charge in [0.05, 0.1) is 0 Å². The van der Waals surface area contributed by atoms with Crippen LogP contribution in [-0.2, 0) is 0 Å². The molecule has 0 aliphatic rings. The van der Waals surface area contributed by atoms with E-state index in [4.69, 9.17) is 16.0 Å². The highest BCUT2D eigenvalue weighted by Crippen LogP contribution is 2.28. The highest BCUT2D eigenvalue weighted by Gasteiger charge is 2.11. The molecule has 3 aromatic carbocycles. The largest absolute Gasteiger partial charge is 0.436 e. The number of benzene rings is 3. The van der Waals surface area contributed by atoms with Crippen LogP contribution in [0.25, 0.3) is 22.6 Å². The fraction of sp³-hybridized carbons (Fsp3) is 0.0909. The van der Waals surface area contributed by atoms with Crippen LogP contribution in [0.5, 0.6) is 0 Å². The molecule has 0 atom stereocenters. The Morgan fingerprint density at radius 3 is 2.63 bits per heavy atom. The lowest BCUT2D eigenvalue weighted by molar-refractivity contribution is 0.102. The van der Waals surface area contributed by atoms with Crippen molar-refractivity contribution in [3.8, 4) is 11.5 Å². The third-order valence-electron chi connectivity index (χ3n) is 4.49. The lowest BCUT2D eigenvalue weighted by Gasteiger charge is -2.07. The molecular weight excluding hydrogens is 360 g/mol. The number of nitrogens with zero attached hydrogens (tertiary/aromatic N) is 1. The molecule has 1 N–H and O–H groups in total. The first-order valence-corrected chi connectivity index (χ1v) is 8.92. The Morgan fingerprint density at radius 1 is 1.00 bits per heavy atom. The molecular formula is C22H17ClN2O2. The Labute approximate surface area is 161 Å². The van der Waals surface area contributed by atoms with Crippen LogP contribution in [0.1, 0.15) is 21.5 Å². The summed E-state index contributed by atoms with van der Waals surface area (Å²) in [5, 5.41) is 3.53. The summed E-state index contributed by atoms with van der Waals surface area (Å²) in [6.45, 7) is 4.01. The number of halogens is 1. The number of carbonyl (C=O) groups is 1. The molecule has 0 saturated heterocycles. The molecule has 5 heteroatoms. The molecule has 1 heterocycles. The molecule has 27 heavy (non-hydrogen) atoms. The smallest absolute Gasteiger partial charge is 0.255 e. The van der Waals surface area contributed by atoms with Gasteiger partial charge in [0, 0.05) is 21.8 Å². The summed E-state index contributed by atoms with van der Waals surface area (Å²) in [5.41, 5.74) is 5.65. The summed E-state index contributed by atoms with van der Waals surface area (Å²) in [6.07, 6.45) is 0. The predicted molar refractivity (Wildman–Crippen MR) is 108 cm³/mol. The fourth-order valence-electron chi connectivity index (χ4n) is 2.84. The Kier molecular flexibility index (Phi) is 4.42. The third kappa shape index (κ3) is 3.57. The van der Waals surface area contributed by atoms with Crippen LogP contribution in [0.15, 0.2) is 65.1 Å². The second-order valence-corrected chi connectivity index (χ2v) is 6.90. The summed E-state index contributed by atoms with van der Waals surface area (Å²) < 4.78 is 5.80. The van der Waals surface area contributed by atoms with Crippen molar-refractivity contribution < 1.29 is 9.21 Å². The van der Waals surface area contributed by atoms with E-state index in [0.717, 1.165) is 16.7 Å². The topological polar surface area (TPSA) is 55.1 Å². The number of carbonyl (C=O) groups excluding carboxylic acids is 1. The minimum Gasteiger partial charge on any atom is -0.436 e. The zero-order chi connectivity index (χ0) is 19.0. The van der Waals surface area contributed by atoms with Gasteiger partial charge in [-0.05, 0) is 73.5 Å². The number of anilines is 1. The Morgan fingerprint density at radius 2 is 1.85 bits per heavy atom. The molecule has 134 valence electrons. The Bertz CT molecular complexity index is 1160. The summed E-state index contributed by atoms with van der Waals surface area (Å²) in [6, 6.07) is 18.4. The number of aryl methyl sites for hydroxylation is 2. The van der Waals surface area contributed by atoms with E-state index in [-0.39, 0.29) is 5.91 Å². The molecule has 0 saturated carbocycles. The zero-order valence-electron chi connectivity index (χ0n) is 14.9. The first-order valence-electron chi connectivity index (χ1n) is 8.55. The van der Waals surface area contributed by atoms with Gasteiger partial charge in [-0.1, -0.05) is 23.7 Å². The van der Waals surface area contributed by atoms with Gasteiger partial charge >= 0.3 is 0 Å². The normalized spacial score (nSPS) is 10.9. The molecule has 4 aromatic rings. The quantitative estimate of drug-likeness (QED) is 0.475. The maximum absolute atomic E-state index is 12.5. The van der Waals surface area contributed by atoms with Gasteiger partial charge in [-0.2, -0.15) is 0 Å². The van der Waals surface area contributed by atoms with Crippen LogP contribution in [0, 0.1) is 13.8 Å². The fourth-order valence-corrected chi connectivity index (χ4v) is 3.03. The van der Waals surface area contributed by atoms with Crippen molar-refractivity contribution in [1.82, 2.24) is 4.98 Å². The molecule has 1 aromatic heterocycles. The number of rotatable bonds is 3. The average molecular weight is 377 g/mol. The van der Waals surface area contributed by atoms with Crippen molar-refractivity contribution in [1.29, 1.82) is 0 Å². The average Bonchev–Trinajstić information content (AvgIpc) is 3.07. The van der Waals surface area contributed by atoms with Gasteiger partial charge in [-0.15, -0.1) is 0 Å². The second-order valence-electron chi connectivity index (χ2n) is 6.47. The van der Waals surface area contributed by atoms with Gasteiger partial charge in [0.15, 0.2) is 5.58 Å². The summed E-state index contributed by atoms with van der Waals surface area (Å²) >= 11 is 6.04. The first-order chi connectivity index (χ1) is 13.0. The third-order valence-corrected chi connectivity index (χ3v) is 4.72. The van der Waals surface area contributed by atoms with Gasteiger partial charge in [-0.25, -0.2) is 4.98 Å². The summed E-state index contributed by atoms with van der Waals surface area (Å²) in [7, 11) is 0. The lowest BCUT2D eigenvalue weighted by Crippen LogP contribution is -2.12. The van der Waals surface area contributed by atoms with E-state index in [2.05, 4.69) is 10.3 Å². The van der Waals surface area contributed by atoms with Crippen LogP contribution >= 0.6 is 11.6 Å². The molecule has 0 aliphatic carbocycles. The summed E-state index contributed by atoms with van der Waals surface area (Å²) in [4.78, 5) is 17.0. The van der Waals surface area contributed by atoms with Crippen LogP contribution < -0.4 is 5.32 Å². The van der Waals surface area contributed by atoms with Crippen molar-refractivity contribution in [3.05, 3.63) is 82.4 Å². The number of fused-ring (bicyclic) bond motifs is 1. The standard InChI is InChI=1S/C22H17ClN2O2/c1-13-6-7-15(10-14(13)2)21(26)24-18-8-9-20-19(12-18)25-22(27-20)16-4-3-5-17(23)11-16/h3-12H,1-2H3,(H,24,26). The van der Waals surface area contributed by atoms with Gasteiger partial charge in [0.2, 0.25) is 5.89 Å². The minimum atomic E-state index is -0.156. The van der Waals surface area contributed by atoms with E-state index in [9.17, 15) is 4.79 Å². The van der Waals surface area contributed by atoms with E-state index in [1.165, 1.54) is 0 Å². The number of nitrogens with one attached hydrogen (secondary N) is 1. The summed E-state index contributed by atoms with van der Waals surface area (Å²) in [5.74, 6) is 0.334. The van der Waals surface area contributed by atoms with E-state index in [1.807, 2.05) is 44.2 Å². The van der Waals surface area contributed by atoms with Crippen molar-refractivity contribution in [2.45, 2.75) is 13.8 Å². The van der Waals surface area contributed by atoms with Crippen molar-refractivity contribution in [2.24, 2.45) is 0 Å². The minimum absolute atomic E-state index is 0.156. The molecule has 0 radical (unpaired) electrons. The highest BCUT2D eigenvalue weighted by molar-refractivity contribution is 6.30. The lowest BCUT2D eigenvalue weighted by atomic mass is 10.1. The maximum atomic E-state index is 12.5. The monoisotopic (exact) mass is 376 g/mol. The number of hydrogen-bond acceptors (Lipinski definition) is 3. The van der Waals surface area contributed by atoms with E-state index >= 15 is 0 Å². The number of aromatic nitrogens is 1. The molecule has 0 unspecified atom stereocenters. The molecule has 4 nitrogen and oxygen atoms in total. The van der Waals surface area contributed by atoms with Gasteiger partial charge in [0.1, 0.15) is 5.52 Å². The molecule has 4 rings (SSSR count). The molecule has 0 spiro atoms. The predicted octanol–water partition coefficient (Wildman–Crippen LogP) is 6.02. The molecule has 0 fully saturated rings. The number of hydrogen-bond donors (Lipinski definition) is 1. The number of amides is 1. The Balaban J connectivity index is 1.61. The van der Waals surface area contributed by atoms with Gasteiger partial charge < -0.3 is 9.73 Å². The second kappa shape index (κ2) is 6.89. The Hall–Kier alpha value is -3.11. The van der Waals surface area contributed by atoms with E-state index in [1.54, 1.807) is 30.3 Å². The van der Waals surface area contributed by atoms with Gasteiger partial charge in [0.25, 0.3) is 5.91 Å². The molecule has 0 bridgehead atoms. The zero-order valence-corrected chi connectivity index (χ0v) is 15.7. The van der Waals surface area contributed by atoms with Gasteiger partial charge in [-0.3, -0.25) is 4.79 Å². The SMILES string of the molecule is Cc1ccc(C(=O)Nc2ccc3oc(-c4cccc(Cl)c4)nc3c2)cc1C. The van der Waals surface area contributed by atoms with Crippen LogP contribution in [-0.4, -0.2) is 10.9 Å². The molecule has 0 aliphatic heterocycles. The highest BCUT2D eigenvalue weighted by atomic mass is 35.5. The first kappa shape index (κ1) is 17.3. The van der Waals surface area contributed by atoms with E-state index in [0.29, 0.717) is 33.3 Å². The van der Waals surface area contributed by atoms with Crippen LogP contribution in [0.3, 0.4) is 0 Å².